The molecule has 0 N–H and O–H groups in total. The molecular formula is C13H15NO. The summed E-state index contributed by atoms with van der Waals surface area (Å²) in [5.41, 5.74) is 2.49. The number of rotatable bonds is 3. The largest absolute Gasteiger partial charge is 0.469 e. The van der Waals surface area contributed by atoms with Crippen molar-refractivity contribution in [3.63, 3.8) is 0 Å². The van der Waals surface area contributed by atoms with Crippen LogP contribution in [0.4, 0.5) is 5.69 Å². The van der Waals surface area contributed by atoms with Crippen LogP contribution in [0.2, 0.25) is 0 Å². The Kier molecular flexibility index (Phi) is 2.77. The van der Waals surface area contributed by atoms with Crippen LogP contribution in [-0.2, 0) is 6.42 Å². The van der Waals surface area contributed by atoms with Crippen LogP contribution < -0.4 is 4.90 Å². The summed E-state index contributed by atoms with van der Waals surface area (Å²) < 4.78 is 5.30. The first-order valence-corrected chi connectivity index (χ1v) is 5.04. The van der Waals surface area contributed by atoms with Crippen LogP contribution in [-0.4, -0.2) is 14.1 Å². The van der Waals surface area contributed by atoms with Gasteiger partial charge in [0.05, 0.1) is 6.26 Å². The van der Waals surface area contributed by atoms with Gasteiger partial charge < -0.3 is 9.32 Å². The SMILES string of the molecule is CN(C)c1ccc(Cc2ccco2)cc1. The summed E-state index contributed by atoms with van der Waals surface area (Å²) in [6.07, 6.45) is 2.57. The molecule has 1 heterocycles. The molecule has 0 spiro atoms. The smallest absolute Gasteiger partial charge is 0.108 e. The van der Waals surface area contributed by atoms with Crippen LogP contribution in [0.15, 0.2) is 47.1 Å². The van der Waals surface area contributed by atoms with E-state index in [0.717, 1.165) is 12.2 Å². The maximum absolute atomic E-state index is 5.30. The van der Waals surface area contributed by atoms with Crippen molar-refractivity contribution >= 4 is 5.69 Å². The van der Waals surface area contributed by atoms with Gasteiger partial charge in [-0.15, -0.1) is 0 Å². The number of hydrogen-bond acceptors (Lipinski definition) is 2. The van der Waals surface area contributed by atoms with E-state index in [1.165, 1.54) is 11.3 Å². The van der Waals surface area contributed by atoms with E-state index >= 15 is 0 Å². The summed E-state index contributed by atoms with van der Waals surface area (Å²) in [4.78, 5) is 2.09. The molecule has 0 saturated carbocycles. The van der Waals surface area contributed by atoms with E-state index in [-0.39, 0.29) is 0 Å². The fraction of sp³-hybridized carbons (Fsp3) is 0.231. The second kappa shape index (κ2) is 4.22. The number of furan rings is 1. The van der Waals surface area contributed by atoms with Gasteiger partial charge in [0.1, 0.15) is 5.76 Å². The minimum Gasteiger partial charge on any atom is -0.469 e. The van der Waals surface area contributed by atoms with E-state index in [9.17, 15) is 0 Å². The standard InChI is InChI=1S/C13H15NO/c1-14(2)12-7-5-11(6-8-12)10-13-4-3-9-15-13/h3-9H,10H2,1-2H3. The highest BCUT2D eigenvalue weighted by Crippen LogP contribution is 2.15. The number of hydrogen-bond donors (Lipinski definition) is 0. The summed E-state index contributed by atoms with van der Waals surface area (Å²) in [7, 11) is 4.09. The van der Waals surface area contributed by atoms with Gasteiger partial charge in [0, 0.05) is 26.2 Å². The quantitative estimate of drug-likeness (QED) is 0.759. The van der Waals surface area contributed by atoms with E-state index in [4.69, 9.17) is 4.42 Å². The topological polar surface area (TPSA) is 16.4 Å². The molecule has 2 aromatic rings. The van der Waals surface area contributed by atoms with E-state index in [2.05, 4.69) is 29.2 Å². The first-order chi connectivity index (χ1) is 7.25. The molecule has 0 unspecified atom stereocenters. The lowest BCUT2D eigenvalue weighted by Gasteiger charge is -2.12. The van der Waals surface area contributed by atoms with E-state index in [1.54, 1.807) is 6.26 Å². The van der Waals surface area contributed by atoms with Crippen molar-refractivity contribution in [1.29, 1.82) is 0 Å². The van der Waals surface area contributed by atoms with Gasteiger partial charge in [0.2, 0.25) is 0 Å². The van der Waals surface area contributed by atoms with Crippen molar-refractivity contribution in [2.75, 3.05) is 19.0 Å². The lowest BCUT2D eigenvalue weighted by Crippen LogP contribution is -2.08. The van der Waals surface area contributed by atoms with Crippen LogP contribution in [0.5, 0.6) is 0 Å². The first kappa shape index (κ1) is 9.84. The molecule has 0 aliphatic rings. The summed E-state index contributed by atoms with van der Waals surface area (Å²) in [5.74, 6) is 1.01. The maximum atomic E-state index is 5.30. The average molecular weight is 201 g/mol. The fourth-order valence-corrected chi connectivity index (χ4v) is 1.53. The zero-order valence-corrected chi connectivity index (χ0v) is 9.10. The third kappa shape index (κ3) is 2.40. The molecule has 0 aliphatic heterocycles. The van der Waals surface area contributed by atoms with Gasteiger partial charge in [-0.25, -0.2) is 0 Å². The average Bonchev–Trinajstić information content (AvgIpc) is 2.71. The Balaban J connectivity index is 2.11. The molecule has 15 heavy (non-hydrogen) atoms. The van der Waals surface area contributed by atoms with Gasteiger partial charge in [-0.3, -0.25) is 0 Å². The lowest BCUT2D eigenvalue weighted by molar-refractivity contribution is 0.521. The van der Waals surface area contributed by atoms with Crippen molar-refractivity contribution in [1.82, 2.24) is 0 Å². The van der Waals surface area contributed by atoms with Gasteiger partial charge in [-0.1, -0.05) is 12.1 Å². The predicted molar refractivity (Wildman–Crippen MR) is 62.3 cm³/mol. The molecule has 2 heteroatoms. The first-order valence-electron chi connectivity index (χ1n) is 5.04. The highest BCUT2D eigenvalue weighted by molar-refractivity contribution is 5.46. The molecule has 2 nitrogen and oxygen atoms in total. The van der Waals surface area contributed by atoms with Crippen molar-refractivity contribution in [2.24, 2.45) is 0 Å². The maximum Gasteiger partial charge on any atom is 0.108 e. The highest BCUT2D eigenvalue weighted by Gasteiger charge is 1.99. The van der Waals surface area contributed by atoms with Crippen molar-refractivity contribution in [3.05, 3.63) is 54.0 Å². The van der Waals surface area contributed by atoms with Gasteiger partial charge >= 0.3 is 0 Å². The number of benzene rings is 1. The Hall–Kier alpha value is -1.70. The minimum absolute atomic E-state index is 0.862. The van der Waals surface area contributed by atoms with E-state index < -0.39 is 0 Å². The zero-order valence-electron chi connectivity index (χ0n) is 9.10. The van der Waals surface area contributed by atoms with Crippen LogP contribution in [0.3, 0.4) is 0 Å². The van der Waals surface area contributed by atoms with Crippen molar-refractivity contribution < 1.29 is 4.42 Å². The molecule has 78 valence electrons. The van der Waals surface area contributed by atoms with Crippen LogP contribution in [0.25, 0.3) is 0 Å². The Labute approximate surface area is 90.1 Å². The molecule has 0 saturated heterocycles. The molecule has 1 aromatic carbocycles. The van der Waals surface area contributed by atoms with Gasteiger partial charge in [-0.2, -0.15) is 0 Å². The Bertz CT molecular complexity index is 401. The van der Waals surface area contributed by atoms with Crippen LogP contribution >= 0.6 is 0 Å². The minimum atomic E-state index is 0.862. The molecule has 0 radical (unpaired) electrons. The molecular weight excluding hydrogens is 186 g/mol. The third-order valence-corrected chi connectivity index (χ3v) is 2.41. The second-order valence-electron chi connectivity index (χ2n) is 3.82. The van der Waals surface area contributed by atoms with Gasteiger partial charge in [-0.05, 0) is 29.8 Å². The van der Waals surface area contributed by atoms with Gasteiger partial charge in [0.25, 0.3) is 0 Å². The molecule has 0 aliphatic carbocycles. The normalized spacial score (nSPS) is 10.3. The van der Waals surface area contributed by atoms with Crippen molar-refractivity contribution in [2.45, 2.75) is 6.42 Å². The van der Waals surface area contributed by atoms with Crippen LogP contribution in [0, 0.1) is 0 Å². The predicted octanol–water partition coefficient (Wildman–Crippen LogP) is 2.94. The van der Waals surface area contributed by atoms with Crippen molar-refractivity contribution in [3.8, 4) is 0 Å². The highest BCUT2D eigenvalue weighted by atomic mass is 16.3. The number of anilines is 1. The second-order valence-corrected chi connectivity index (χ2v) is 3.82. The lowest BCUT2D eigenvalue weighted by atomic mass is 10.1. The molecule has 2 rings (SSSR count). The summed E-state index contributed by atoms with van der Waals surface area (Å²) in [6.45, 7) is 0. The van der Waals surface area contributed by atoms with E-state index in [1.807, 2.05) is 26.2 Å². The van der Waals surface area contributed by atoms with Crippen LogP contribution in [0.1, 0.15) is 11.3 Å². The molecule has 0 bridgehead atoms. The molecule has 0 atom stereocenters. The third-order valence-electron chi connectivity index (χ3n) is 2.41. The molecule has 0 fully saturated rings. The monoisotopic (exact) mass is 201 g/mol. The number of nitrogens with zero attached hydrogens (tertiary/aromatic N) is 1. The fourth-order valence-electron chi connectivity index (χ4n) is 1.53. The summed E-state index contributed by atoms with van der Waals surface area (Å²) in [6, 6.07) is 12.4. The van der Waals surface area contributed by atoms with E-state index in [0.29, 0.717) is 0 Å². The molecule has 0 amide bonds. The Morgan fingerprint density at radius 2 is 1.80 bits per heavy atom. The zero-order chi connectivity index (χ0) is 10.7. The van der Waals surface area contributed by atoms with Gasteiger partial charge in [0.15, 0.2) is 0 Å². The Morgan fingerprint density at radius 1 is 1.07 bits per heavy atom. The Morgan fingerprint density at radius 3 is 2.33 bits per heavy atom. The molecule has 1 aromatic heterocycles. The summed E-state index contributed by atoms with van der Waals surface area (Å²) in [5, 5.41) is 0. The summed E-state index contributed by atoms with van der Waals surface area (Å²) >= 11 is 0.